The third-order valence-electron chi connectivity index (χ3n) is 2.73. The van der Waals surface area contributed by atoms with Crippen LogP contribution in [0.5, 0.6) is 0 Å². The number of hydrogen-bond donors (Lipinski definition) is 2. The van der Waals surface area contributed by atoms with Crippen LogP contribution in [0.3, 0.4) is 0 Å². The topological polar surface area (TPSA) is 73.1 Å². The van der Waals surface area contributed by atoms with Crippen molar-refractivity contribution in [2.75, 3.05) is 6.54 Å². The van der Waals surface area contributed by atoms with E-state index in [1.165, 1.54) is 0 Å². The van der Waals surface area contributed by atoms with Crippen LogP contribution < -0.4 is 5.32 Å². The van der Waals surface area contributed by atoms with E-state index in [2.05, 4.69) is 27.3 Å². The Morgan fingerprint density at radius 1 is 1.61 bits per heavy atom. The third-order valence-corrected chi connectivity index (χ3v) is 3.47. The average molecular weight is 311 g/mol. The summed E-state index contributed by atoms with van der Waals surface area (Å²) in [5, 5.41) is 20.8. The summed E-state index contributed by atoms with van der Waals surface area (Å²) in [6.45, 7) is 2.88. The second-order valence-corrected chi connectivity index (χ2v) is 4.85. The van der Waals surface area contributed by atoms with Crippen molar-refractivity contribution < 1.29 is 9.90 Å². The molecule has 1 unspecified atom stereocenters. The Bertz CT molecular complexity index is 469. The zero-order valence-corrected chi connectivity index (χ0v) is 11.7. The fourth-order valence-electron chi connectivity index (χ4n) is 1.55. The molecule has 0 aliphatic carbocycles. The number of carbonyl (C=O) groups is 1. The van der Waals surface area contributed by atoms with E-state index >= 15 is 0 Å². The minimum absolute atomic E-state index is 0.359. The molecule has 5 heteroatoms. The van der Waals surface area contributed by atoms with Gasteiger partial charge >= 0.3 is 5.97 Å². The van der Waals surface area contributed by atoms with Crippen LogP contribution in [0.15, 0.2) is 22.7 Å². The number of nitrogens with one attached hydrogen (secondary N) is 1. The highest BCUT2D eigenvalue weighted by molar-refractivity contribution is 9.10. The molecule has 0 saturated heterocycles. The van der Waals surface area contributed by atoms with Crippen molar-refractivity contribution in [3.63, 3.8) is 0 Å². The van der Waals surface area contributed by atoms with Crippen LogP contribution in [0, 0.1) is 17.2 Å². The second kappa shape index (κ2) is 7.14. The number of halogens is 1. The molecule has 0 aliphatic rings. The van der Waals surface area contributed by atoms with Crippen molar-refractivity contribution in [1.29, 1.82) is 5.26 Å². The molecule has 18 heavy (non-hydrogen) atoms. The third kappa shape index (κ3) is 4.13. The molecule has 0 spiro atoms. The van der Waals surface area contributed by atoms with Crippen molar-refractivity contribution in [3.05, 3.63) is 33.8 Å². The van der Waals surface area contributed by atoms with E-state index in [0.717, 1.165) is 10.0 Å². The van der Waals surface area contributed by atoms with E-state index in [1.54, 1.807) is 12.1 Å². The molecular weight excluding hydrogens is 296 g/mol. The van der Waals surface area contributed by atoms with E-state index in [-0.39, 0.29) is 5.92 Å². The molecule has 0 heterocycles. The molecule has 2 N–H and O–H groups in total. The van der Waals surface area contributed by atoms with Crippen LogP contribution in [0.1, 0.15) is 24.5 Å². The number of rotatable bonds is 6. The van der Waals surface area contributed by atoms with Gasteiger partial charge < -0.3 is 10.4 Å². The zero-order chi connectivity index (χ0) is 13.5. The van der Waals surface area contributed by atoms with Gasteiger partial charge in [-0.05, 0) is 24.1 Å². The largest absolute Gasteiger partial charge is 0.481 e. The molecule has 1 rings (SSSR count). The van der Waals surface area contributed by atoms with Gasteiger partial charge in [-0.2, -0.15) is 5.26 Å². The number of nitriles is 1. The molecule has 0 aliphatic heterocycles. The molecule has 0 amide bonds. The standard InChI is InChI=1S/C13H15BrN2O2/c1-2-10(13(17)18)7-16-8-11-4-3-9(6-15)5-12(11)14/h3-5,10,16H,2,7-8H2,1H3,(H,17,18). The first-order valence-electron chi connectivity index (χ1n) is 5.70. The number of aliphatic carboxylic acids is 1. The summed E-state index contributed by atoms with van der Waals surface area (Å²) < 4.78 is 0.859. The van der Waals surface area contributed by atoms with Crippen LogP contribution >= 0.6 is 15.9 Å². The van der Waals surface area contributed by atoms with Gasteiger partial charge in [0.1, 0.15) is 0 Å². The van der Waals surface area contributed by atoms with Crippen LogP contribution in [-0.4, -0.2) is 17.6 Å². The van der Waals surface area contributed by atoms with E-state index in [0.29, 0.717) is 25.1 Å². The highest BCUT2D eigenvalue weighted by atomic mass is 79.9. The smallest absolute Gasteiger partial charge is 0.307 e. The zero-order valence-electron chi connectivity index (χ0n) is 10.1. The minimum atomic E-state index is -0.774. The predicted molar refractivity (Wildman–Crippen MR) is 72.0 cm³/mol. The highest BCUT2D eigenvalue weighted by Gasteiger charge is 2.14. The lowest BCUT2D eigenvalue weighted by atomic mass is 10.1. The van der Waals surface area contributed by atoms with E-state index < -0.39 is 5.97 Å². The van der Waals surface area contributed by atoms with Crippen LogP contribution in [0.2, 0.25) is 0 Å². The molecule has 0 saturated carbocycles. The summed E-state index contributed by atoms with van der Waals surface area (Å²) in [4.78, 5) is 10.8. The minimum Gasteiger partial charge on any atom is -0.481 e. The Labute approximate surface area is 115 Å². The monoisotopic (exact) mass is 310 g/mol. The van der Waals surface area contributed by atoms with Gasteiger partial charge in [0, 0.05) is 17.6 Å². The fraction of sp³-hybridized carbons (Fsp3) is 0.385. The first-order valence-corrected chi connectivity index (χ1v) is 6.49. The van der Waals surface area contributed by atoms with Crippen molar-refractivity contribution in [2.24, 2.45) is 5.92 Å². The lowest BCUT2D eigenvalue weighted by Gasteiger charge is -2.11. The quantitative estimate of drug-likeness (QED) is 0.846. The average Bonchev–Trinajstić information content (AvgIpc) is 2.35. The van der Waals surface area contributed by atoms with Crippen molar-refractivity contribution in [1.82, 2.24) is 5.32 Å². The number of benzene rings is 1. The van der Waals surface area contributed by atoms with Gasteiger partial charge in [-0.3, -0.25) is 4.79 Å². The normalized spacial score (nSPS) is 11.8. The highest BCUT2D eigenvalue weighted by Crippen LogP contribution is 2.18. The summed E-state index contributed by atoms with van der Waals surface area (Å²) in [6, 6.07) is 7.43. The molecular formula is C13H15BrN2O2. The summed E-state index contributed by atoms with van der Waals surface area (Å²) in [5.41, 5.74) is 1.61. The maximum atomic E-state index is 10.8. The van der Waals surface area contributed by atoms with E-state index in [4.69, 9.17) is 10.4 Å². The Morgan fingerprint density at radius 2 is 2.33 bits per heavy atom. The number of nitrogens with zero attached hydrogens (tertiary/aromatic N) is 1. The molecule has 4 nitrogen and oxygen atoms in total. The Balaban J connectivity index is 2.54. The van der Waals surface area contributed by atoms with Crippen LogP contribution in [-0.2, 0) is 11.3 Å². The Hall–Kier alpha value is -1.38. The van der Waals surface area contributed by atoms with Crippen molar-refractivity contribution in [2.45, 2.75) is 19.9 Å². The lowest BCUT2D eigenvalue weighted by Crippen LogP contribution is -2.27. The maximum Gasteiger partial charge on any atom is 0.307 e. The van der Waals surface area contributed by atoms with Gasteiger partial charge in [-0.1, -0.05) is 28.9 Å². The fourth-order valence-corrected chi connectivity index (χ4v) is 2.07. The van der Waals surface area contributed by atoms with Gasteiger partial charge in [0.15, 0.2) is 0 Å². The van der Waals surface area contributed by atoms with Gasteiger partial charge in [0.2, 0.25) is 0 Å². The lowest BCUT2D eigenvalue weighted by molar-refractivity contribution is -0.141. The summed E-state index contributed by atoms with van der Waals surface area (Å²) >= 11 is 3.39. The summed E-state index contributed by atoms with van der Waals surface area (Å²) in [5.74, 6) is -1.13. The second-order valence-electron chi connectivity index (χ2n) is 3.99. The number of carboxylic acids is 1. The van der Waals surface area contributed by atoms with Gasteiger partial charge in [0.05, 0.1) is 17.6 Å². The van der Waals surface area contributed by atoms with Gasteiger partial charge in [-0.15, -0.1) is 0 Å². The Morgan fingerprint density at radius 3 is 2.83 bits per heavy atom. The molecule has 1 aromatic carbocycles. The first-order chi connectivity index (χ1) is 8.58. The number of hydrogen-bond acceptors (Lipinski definition) is 3. The summed E-state index contributed by atoms with van der Waals surface area (Å²) in [6.07, 6.45) is 0.608. The van der Waals surface area contributed by atoms with Crippen LogP contribution in [0.4, 0.5) is 0 Å². The predicted octanol–water partition coefficient (Wildman–Crippen LogP) is 2.52. The molecule has 0 bridgehead atoms. The molecule has 1 aromatic rings. The maximum absolute atomic E-state index is 10.8. The van der Waals surface area contributed by atoms with E-state index in [1.807, 2.05) is 13.0 Å². The van der Waals surface area contributed by atoms with Crippen LogP contribution in [0.25, 0.3) is 0 Å². The van der Waals surface area contributed by atoms with Gasteiger partial charge in [-0.25, -0.2) is 0 Å². The van der Waals surface area contributed by atoms with Crippen molar-refractivity contribution in [3.8, 4) is 6.07 Å². The SMILES string of the molecule is CCC(CNCc1ccc(C#N)cc1Br)C(=O)O. The van der Waals surface area contributed by atoms with Crippen molar-refractivity contribution >= 4 is 21.9 Å². The van der Waals surface area contributed by atoms with E-state index in [9.17, 15) is 4.79 Å². The summed E-state index contributed by atoms with van der Waals surface area (Å²) in [7, 11) is 0. The van der Waals surface area contributed by atoms with Gasteiger partial charge in [0.25, 0.3) is 0 Å². The molecule has 96 valence electrons. The number of carboxylic acid groups (broad SMARTS) is 1. The molecule has 1 atom stereocenters. The molecule has 0 fully saturated rings. The first kappa shape index (κ1) is 14.7. The molecule has 0 aromatic heterocycles. The molecule has 0 radical (unpaired) electrons. The Kier molecular flexibility index (Phi) is 5.83.